The van der Waals surface area contributed by atoms with Crippen molar-refractivity contribution in [1.29, 1.82) is 5.26 Å². The van der Waals surface area contributed by atoms with E-state index in [-0.39, 0.29) is 36.5 Å². The van der Waals surface area contributed by atoms with E-state index in [0.29, 0.717) is 36.3 Å². The number of esters is 1. The number of hydrogen-bond acceptors (Lipinski definition) is 6. The molecule has 8 nitrogen and oxygen atoms in total. The molecule has 0 aliphatic carbocycles. The summed E-state index contributed by atoms with van der Waals surface area (Å²) in [6.07, 6.45) is 4.39. The number of pyridine rings is 1. The molecule has 0 N–H and O–H groups in total. The van der Waals surface area contributed by atoms with Gasteiger partial charge in [0.15, 0.2) is 0 Å². The average Bonchev–Trinajstić information content (AvgIpc) is 3.20. The fourth-order valence-corrected chi connectivity index (χ4v) is 5.51. The second-order valence-electron chi connectivity index (χ2n) is 7.82. The molecule has 0 amide bonds. The SMILES string of the molecule is CCOc1ccc(S(=O)(=O)N2CCC(C(=O)OCc3cn4ccccc4c3C#N)CC2)cc1. The molecule has 1 aliphatic rings. The lowest BCUT2D eigenvalue weighted by atomic mass is 9.98. The van der Waals surface area contributed by atoms with Crippen LogP contribution in [-0.2, 0) is 26.2 Å². The van der Waals surface area contributed by atoms with Crippen LogP contribution < -0.4 is 4.74 Å². The van der Waals surface area contributed by atoms with Crippen LogP contribution >= 0.6 is 0 Å². The average molecular weight is 468 g/mol. The van der Waals surface area contributed by atoms with Gasteiger partial charge in [0.25, 0.3) is 0 Å². The van der Waals surface area contributed by atoms with Crippen molar-refractivity contribution < 1.29 is 22.7 Å². The van der Waals surface area contributed by atoms with Gasteiger partial charge in [0.05, 0.1) is 28.5 Å². The molecule has 0 unspecified atom stereocenters. The third kappa shape index (κ3) is 4.72. The molecule has 9 heteroatoms. The van der Waals surface area contributed by atoms with Crippen molar-refractivity contribution in [1.82, 2.24) is 8.71 Å². The van der Waals surface area contributed by atoms with Crippen LogP contribution in [0.25, 0.3) is 5.52 Å². The number of carbonyl (C=O) groups excluding carboxylic acids is 1. The molecule has 0 atom stereocenters. The maximum absolute atomic E-state index is 12.9. The molecule has 172 valence electrons. The monoisotopic (exact) mass is 467 g/mol. The Bertz CT molecular complexity index is 1280. The van der Waals surface area contributed by atoms with E-state index in [1.54, 1.807) is 18.3 Å². The predicted molar refractivity (Wildman–Crippen MR) is 121 cm³/mol. The lowest BCUT2D eigenvalue weighted by molar-refractivity contribution is -0.151. The zero-order chi connectivity index (χ0) is 23.4. The molecular formula is C24H25N3O5S. The van der Waals surface area contributed by atoms with Crippen molar-refractivity contribution in [3.05, 3.63) is 66.0 Å². The second kappa shape index (κ2) is 9.65. The van der Waals surface area contributed by atoms with Gasteiger partial charge < -0.3 is 13.9 Å². The van der Waals surface area contributed by atoms with E-state index < -0.39 is 10.0 Å². The van der Waals surface area contributed by atoms with Gasteiger partial charge in [-0.05, 0) is 56.2 Å². The predicted octanol–water partition coefficient (Wildman–Crippen LogP) is 3.35. The number of benzene rings is 1. The minimum Gasteiger partial charge on any atom is -0.494 e. The van der Waals surface area contributed by atoms with Crippen LogP contribution in [0.5, 0.6) is 5.75 Å². The minimum absolute atomic E-state index is 0.00803. The van der Waals surface area contributed by atoms with Gasteiger partial charge in [-0.1, -0.05) is 6.07 Å². The lowest BCUT2D eigenvalue weighted by Crippen LogP contribution is -2.40. The second-order valence-corrected chi connectivity index (χ2v) is 9.76. The van der Waals surface area contributed by atoms with Crippen molar-refractivity contribution in [3.63, 3.8) is 0 Å². The largest absolute Gasteiger partial charge is 0.494 e. The van der Waals surface area contributed by atoms with E-state index in [1.807, 2.05) is 35.7 Å². The van der Waals surface area contributed by atoms with E-state index in [2.05, 4.69) is 6.07 Å². The highest BCUT2D eigenvalue weighted by Crippen LogP contribution is 2.26. The summed E-state index contributed by atoms with van der Waals surface area (Å²) in [5, 5.41) is 9.49. The number of carbonyl (C=O) groups is 1. The molecule has 1 fully saturated rings. The van der Waals surface area contributed by atoms with Crippen LogP contribution in [0.2, 0.25) is 0 Å². The number of nitrogens with zero attached hydrogens (tertiary/aromatic N) is 3. The number of ether oxygens (including phenoxy) is 2. The van der Waals surface area contributed by atoms with E-state index in [0.717, 1.165) is 5.52 Å². The van der Waals surface area contributed by atoms with Gasteiger partial charge in [-0.25, -0.2) is 8.42 Å². The first-order valence-corrected chi connectivity index (χ1v) is 12.3. The van der Waals surface area contributed by atoms with Gasteiger partial charge in [-0.3, -0.25) is 4.79 Å². The Hall–Kier alpha value is -3.35. The summed E-state index contributed by atoms with van der Waals surface area (Å²) >= 11 is 0. The van der Waals surface area contributed by atoms with Crippen LogP contribution in [0.3, 0.4) is 0 Å². The maximum atomic E-state index is 12.9. The Balaban J connectivity index is 1.35. The summed E-state index contributed by atoms with van der Waals surface area (Å²) in [4.78, 5) is 12.8. The Kier molecular flexibility index (Phi) is 6.67. The van der Waals surface area contributed by atoms with Crippen LogP contribution in [0.1, 0.15) is 30.9 Å². The third-order valence-electron chi connectivity index (χ3n) is 5.80. The van der Waals surface area contributed by atoms with Crippen molar-refractivity contribution in [3.8, 4) is 11.8 Å². The van der Waals surface area contributed by atoms with Crippen molar-refractivity contribution >= 4 is 21.5 Å². The first-order chi connectivity index (χ1) is 15.9. The molecule has 0 spiro atoms. The molecule has 4 rings (SSSR count). The summed E-state index contributed by atoms with van der Waals surface area (Å²) in [5.74, 6) is -0.125. The molecular weight excluding hydrogens is 442 g/mol. The Morgan fingerprint density at radius 2 is 1.88 bits per heavy atom. The van der Waals surface area contributed by atoms with Crippen LogP contribution in [0, 0.1) is 17.2 Å². The van der Waals surface area contributed by atoms with Gasteiger partial charge in [0.1, 0.15) is 18.4 Å². The number of aromatic nitrogens is 1. The van der Waals surface area contributed by atoms with E-state index in [1.165, 1.54) is 16.4 Å². The zero-order valence-electron chi connectivity index (χ0n) is 18.3. The lowest BCUT2D eigenvalue weighted by Gasteiger charge is -2.30. The minimum atomic E-state index is -3.64. The molecule has 1 saturated heterocycles. The number of fused-ring (bicyclic) bond motifs is 1. The molecule has 0 radical (unpaired) electrons. The number of hydrogen-bond donors (Lipinski definition) is 0. The molecule has 3 heterocycles. The van der Waals surface area contributed by atoms with Gasteiger partial charge in [0.2, 0.25) is 10.0 Å². The van der Waals surface area contributed by atoms with Crippen molar-refractivity contribution in [2.24, 2.45) is 5.92 Å². The summed E-state index contributed by atoms with van der Waals surface area (Å²) in [5.41, 5.74) is 1.89. The highest BCUT2D eigenvalue weighted by Gasteiger charge is 2.33. The van der Waals surface area contributed by atoms with Gasteiger partial charge >= 0.3 is 5.97 Å². The maximum Gasteiger partial charge on any atom is 0.309 e. The Labute approximate surface area is 193 Å². The number of sulfonamides is 1. The van der Waals surface area contributed by atoms with E-state index in [4.69, 9.17) is 9.47 Å². The normalized spacial score (nSPS) is 15.3. The van der Waals surface area contributed by atoms with Crippen molar-refractivity contribution in [2.45, 2.75) is 31.3 Å². The molecule has 2 aromatic heterocycles. The fourth-order valence-electron chi connectivity index (χ4n) is 4.04. The highest BCUT2D eigenvalue weighted by molar-refractivity contribution is 7.89. The van der Waals surface area contributed by atoms with E-state index in [9.17, 15) is 18.5 Å². The fraction of sp³-hybridized carbons (Fsp3) is 0.333. The smallest absolute Gasteiger partial charge is 0.309 e. The molecule has 33 heavy (non-hydrogen) atoms. The van der Waals surface area contributed by atoms with Gasteiger partial charge in [-0.2, -0.15) is 9.57 Å². The molecule has 1 aromatic carbocycles. The first kappa shape index (κ1) is 22.8. The van der Waals surface area contributed by atoms with Gasteiger partial charge in [0, 0.05) is 31.0 Å². The number of nitriles is 1. The number of rotatable bonds is 7. The summed E-state index contributed by atoms with van der Waals surface area (Å²) < 4.78 is 40.0. The van der Waals surface area contributed by atoms with Crippen molar-refractivity contribution in [2.75, 3.05) is 19.7 Å². The number of piperidine rings is 1. The standard InChI is InChI=1S/C24H25N3O5S/c1-2-31-20-6-8-21(9-7-20)33(29,30)27-13-10-18(11-14-27)24(28)32-17-19-16-26-12-4-3-5-23(26)22(19)15-25/h3-9,12,16,18H,2,10-11,13-14,17H2,1H3. The Morgan fingerprint density at radius 3 is 2.55 bits per heavy atom. The van der Waals surface area contributed by atoms with Crippen LogP contribution in [-0.4, -0.2) is 42.8 Å². The van der Waals surface area contributed by atoms with E-state index >= 15 is 0 Å². The molecule has 1 aliphatic heterocycles. The summed E-state index contributed by atoms with van der Waals surface area (Å²) in [7, 11) is -3.64. The topological polar surface area (TPSA) is 101 Å². The Morgan fingerprint density at radius 1 is 1.15 bits per heavy atom. The first-order valence-electron chi connectivity index (χ1n) is 10.8. The summed E-state index contributed by atoms with van der Waals surface area (Å²) in [6, 6.07) is 14.1. The third-order valence-corrected chi connectivity index (χ3v) is 7.72. The highest BCUT2D eigenvalue weighted by atomic mass is 32.2. The molecule has 3 aromatic rings. The zero-order valence-corrected chi connectivity index (χ0v) is 19.1. The summed E-state index contributed by atoms with van der Waals surface area (Å²) in [6.45, 7) is 2.87. The molecule has 0 saturated carbocycles. The van der Waals surface area contributed by atoms with Crippen LogP contribution in [0.4, 0.5) is 0 Å². The van der Waals surface area contributed by atoms with Crippen LogP contribution in [0.15, 0.2) is 59.8 Å². The van der Waals surface area contributed by atoms with Gasteiger partial charge in [-0.15, -0.1) is 0 Å². The quantitative estimate of drug-likeness (QED) is 0.494. The molecule has 0 bridgehead atoms.